The summed E-state index contributed by atoms with van der Waals surface area (Å²) in [6.45, 7) is 0.523. The third-order valence-corrected chi connectivity index (χ3v) is 3.48. The van der Waals surface area contributed by atoms with Crippen molar-refractivity contribution in [3.05, 3.63) is 40.4 Å². The lowest BCUT2D eigenvalue weighted by Crippen LogP contribution is -2.09. The van der Waals surface area contributed by atoms with E-state index >= 15 is 0 Å². The number of nitrogens with zero attached hydrogens (tertiary/aromatic N) is 1. The molecule has 0 unspecified atom stereocenters. The lowest BCUT2D eigenvalue weighted by atomic mass is 10.1. The minimum absolute atomic E-state index is 0.0193. The number of carbonyl (C=O) groups excluding carboxylic acids is 1. The minimum atomic E-state index is 0.0193. The molecule has 0 aromatic heterocycles. The third kappa shape index (κ3) is 3.04. The summed E-state index contributed by atoms with van der Waals surface area (Å²) in [4.78, 5) is 10.3. The second-order valence-electron chi connectivity index (χ2n) is 3.88. The van der Waals surface area contributed by atoms with Crippen molar-refractivity contribution < 1.29 is 9.53 Å². The molecule has 4 nitrogen and oxygen atoms in total. The first-order chi connectivity index (χ1) is 9.26. The number of hydrogen-bond donors (Lipinski definition) is 1. The van der Waals surface area contributed by atoms with E-state index in [9.17, 15) is 4.79 Å². The molecule has 2 aromatic carbocycles. The van der Waals surface area contributed by atoms with Gasteiger partial charge in [0.05, 0.1) is 4.47 Å². The van der Waals surface area contributed by atoms with E-state index in [1.807, 2.05) is 36.4 Å². The Balaban J connectivity index is 2.36. The standard InChI is InChI=1S/C14H11BrN2O2/c15-14-12-3-1-10(8-17-9-18)7-11(12)2-4-13(14)19-6-5-16/h1-4,7,9H,6,8H2,(H,17,18). The average Bonchev–Trinajstić information content (AvgIpc) is 2.44. The number of benzene rings is 2. The maximum absolute atomic E-state index is 10.3. The van der Waals surface area contributed by atoms with Gasteiger partial charge in [-0.05, 0) is 44.4 Å². The van der Waals surface area contributed by atoms with Crippen molar-refractivity contribution in [2.45, 2.75) is 6.54 Å². The first kappa shape index (κ1) is 13.4. The summed E-state index contributed by atoms with van der Waals surface area (Å²) in [6.07, 6.45) is 0.680. The van der Waals surface area contributed by atoms with Crippen LogP contribution in [-0.2, 0) is 11.3 Å². The van der Waals surface area contributed by atoms with Crippen LogP contribution in [-0.4, -0.2) is 13.0 Å². The predicted molar refractivity (Wildman–Crippen MR) is 75.7 cm³/mol. The number of carbonyl (C=O) groups is 1. The highest BCUT2D eigenvalue weighted by molar-refractivity contribution is 9.10. The van der Waals surface area contributed by atoms with Crippen molar-refractivity contribution in [1.82, 2.24) is 5.32 Å². The van der Waals surface area contributed by atoms with Crippen LogP contribution >= 0.6 is 15.9 Å². The number of nitriles is 1. The molecule has 0 aliphatic carbocycles. The Morgan fingerprint density at radius 1 is 1.37 bits per heavy atom. The van der Waals surface area contributed by atoms with Gasteiger partial charge in [0.2, 0.25) is 6.41 Å². The summed E-state index contributed by atoms with van der Waals surface area (Å²) < 4.78 is 6.15. The summed E-state index contributed by atoms with van der Waals surface area (Å²) in [7, 11) is 0. The maximum Gasteiger partial charge on any atom is 0.207 e. The zero-order valence-electron chi connectivity index (χ0n) is 10.0. The second-order valence-corrected chi connectivity index (χ2v) is 4.67. The summed E-state index contributed by atoms with van der Waals surface area (Å²) in [5, 5.41) is 13.2. The molecule has 1 amide bonds. The lowest BCUT2D eigenvalue weighted by molar-refractivity contribution is -0.109. The monoisotopic (exact) mass is 318 g/mol. The summed E-state index contributed by atoms with van der Waals surface area (Å²) in [6, 6.07) is 11.6. The Labute approximate surface area is 119 Å². The Morgan fingerprint density at radius 2 is 2.21 bits per heavy atom. The molecule has 19 heavy (non-hydrogen) atoms. The van der Waals surface area contributed by atoms with Crippen LogP contribution in [0.25, 0.3) is 10.8 Å². The van der Waals surface area contributed by atoms with E-state index in [0.29, 0.717) is 18.7 Å². The molecule has 1 N–H and O–H groups in total. The van der Waals surface area contributed by atoms with E-state index in [4.69, 9.17) is 10.00 Å². The van der Waals surface area contributed by atoms with Gasteiger partial charge in [0.15, 0.2) is 6.61 Å². The number of hydrogen-bond acceptors (Lipinski definition) is 3. The molecular weight excluding hydrogens is 308 g/mol. The normalized spacial score (nSPS) is 9.89. The zero-order chi connectivity index (χ0) is 13.7. The average molecular weight is 319 g/mol. The molecular formula is C14H11BrN2O2. The molecule has 0 atom stereocenters. The minimum Gasteiger partial charge on any atom is -0.478 e. The fourth-order valence-electron chi connectivity index (χ4n) is 1.81. The first-order valence-electron chi connectivity index (χ1n) is 5.64. The van der Waals surface area contributed by atoms with Crippen LogP contribution in [0.3, 0.4) is 0 Å². The molecule has 0 saturated heterocycles. The van der Waals surface area contributed by atoms with Gasteiger partial charge in [-0.1, -0.05) is 18.2 Å². The SMILES string of the molecule is N#CCOc1ccc2cc(CNC=O)ccc2c1Br. The molecule has 0 heterocycles. The van der Waals surface area contributed by atoms with E-state index in [0.717, 1.165) is 20.8 Å². The molecule has 5 heteroatoms. The van der Waals surface area contributed by atoms with Crippen LogP contribution < -0.4 is 10.1 Å². The van der Waals surface area contributed by atoms with E-state index in [2.05, 4.69) is 21.2 Å². The molecule has 0 fully saturated rings. The van der Waals surface area contributed by atoms with Crippen LogP contribution in [0.5, 0.6) is 5.75 Å². The molecule has 0 saturated carbocycles. The van der Waals surface area contributed by atoms with Crippen molar-refractivity contribution in [2.75, 3.05) is 6.61 Å². The van der Waals surface area contributed by atoms with E-state index in [1.165, 1.54) is 0 Å². The van der Waals surface area contributed by atoms with Gasteiger partial charge >= 0.3 is 0 Å². The molecule has 0 bridgehead atoms. The molecule has 0 radical (unpaired) electrons. The number of fused-ring (bicyclic) bond motifs is 1. The third-order valence-electron chi connectivity index (χ3n) is 2.66. The topological polar surface area (TPSA) is 62.1 Å². The molecule has 2 aromatic rings. The van der Waals surface area contributed by atoms with Crippen molar-refractivity contribution in [1.29, 1.82) is 5.26 Å². The number of ether oxygens (including phenoxy) is 1. The number of rotatable bonds is 5. The summed E-state index contributed by atoms with van der Waals surface area (Å²) in [5.41, 5.74) is 1.03. The molecule has 0 aliphatic rings. The van der Waals surface area contributed by atoms with E-state index < -0.39 is 0 Å². The van der Waals surface area contributed by atoms with Gasteiger partial charge in [0.1, 0.15) is 11.8 Å². The Bertz CT molecular complexity index is 650. The summed E-state index contributed by atoms with van der Waals surface area (Å²) >= 11 is 3.48. The van der Waals surface area contributed by atoms with Crippen molar-refractivity contribution in [3.63, 3.8) is 0 Å². The Hall–Kier alpha value is -2.06. The van der Waals surface area contributed by atoms with Crippen LogP contribution in [0.1, 0.15) is 5.56 Å². The molecule has 2 rings (SSSR count). The van der Waals surface area contributed by atoms with Crippen LogP contribution in [0.4, 0.5) is 0 Å². The maximum atomic E-state index is 10.3. The zero-order valence-corrected chi connectivity index (χ0v) is 11.6. The highest BCUT2D eigenvalue weighted by Crippen LogP contribution is 2.33. The van der Waals surface area contributed by atoms with E-state index in [1.54, 1.807) is 0 Å². The Kier molecular flexibility index (Phi) is 4.37. The number of nitrogens with one attached hydrogen (secondary N) is 1. The summed E-state index contributed by atoms with van der Waals surface area (Å²) in [5.74, 6) is 0.646. The smallest absolute Gasteiger partial charge is 0.207 e. The first-order valence-corrected chi connectivity index (χ1v) is 6.43. The van der Waals surface area contributed by atoms with Gasteiger partial charge in [-0.2, -0.15) is 5.26 Å². The van der Waals surface area contributed by atoms with Crippen LogP contribution in [0, 0.1) is 11.3 Å². The van der Waals surface area contributed by atoms with Gasteiger partial charge in [-0.25, -0.2) is 0 Å². The fourth-order valence-corrected chi connectivity index (χ4v) is 2.42. The number of amides is 1. The lowest BCUT2D eigenvalue weighted by Gasteiger charge is -2.09. The van der Waals surface area contributed by atoms with Crippen molar-refractivity contribution in [3.8, 4) is 11.8 Å². The molecule has 0 spiro atoms. The van der Waals surface area contributed by atoms with Crippen LogP contribution in [0.15, 0.2) is 34.8 Å². The van der Waals surface area contributed by atoms with Crippen molar-refractivity contribution in [2.24, 2.45) is 0 Å². The van der Waals surface area contributed by atoms with Gasteiger partial charge < -0.3 is 10.1 Å². The van der Waals surface area contributed by atoms with Crippen LogP contribution in [0.2, 0.25) is 0 Å². The molecule has 96 valence electrons. The largest absolute Gasteiger partial charge is 0.478 e. The Morgan fingerprint density at radius 3 is 2.95 bits per heavy atom. The fraction of sp³-hybridized carbons (Fsp3) is 0.143. The van der Waals surface area contributed by atoms with Gasteiger partial charge in [-0.3, -0.25) is 4.79 Å². The van der Waals surface area contributed by atoms with Gasteiger partial charge in [0, 0.05) is 6.54 Å². The highest BCUT2D eigenvalue weighted by Gasteiger charge is 2.06. The molecule has 0 aliphatic heterocycles. The predicted octanol–water partition coefficient (Wildman–Crippen LogP) is 2.75. The number of halogens is 1. The quantitative estimate of drug-likeness (QED) is 0.862. The van der Waals surface area contributed by atoms with Gasteiger partial charge in [0.25, 0.3) is 0 Å². The highest BCUT2D eigenvalue weighted by atomic mass is 79.9. The second kappa shape index (κ2) is 6.21. The van der Waals surface area contributed by atoms with Crippen molar-refractivity contribution >= 4 is 33.1 Å². The van der Waals surface area contributed by atoms with Gasteiger partial charge in [-0.15, -0.1) is 0 Å². The van der Waals surface area contributed by atoms with E-state index in [-0.39, 0.29) is 6.61 Å².